The molecule has 3 heterocycles. The third-order valence-electron chi connectivity index (χ3n) is 6.43. The van der Waals surface area contributed by atoms with E-state index in [1.54, 1.807) is 30.1 Å². The lowest BCUT2D eigenvalue weighted by molar-refractivity contribution is -0.121. The van der Waals surface area contributed by atoms with Gasteiger partial charge in [0.25, 0.3) is 17.7 Å². The van der Waals surface area contributed by atoms with Gasteiger partial charge in [0.1, 0.15) is 5.69 Å². The van der Waals surface area contributed by atoms with Gasteiger partial charge in [-0.3, -0.25) is 14.4 Å². The zero-order valence-corrected chi connectivity index (χ0v) is 20.6. The van der Waals surface area contributed by atoms with Crippen molar-refractivity contribution in [1.82, 2.24) is 15.2 Å². The molecule has 180 valence electrons. The topological polar surface area (TPSA) is 91.8 Å². The van der Waals surface area contributed by atoms with Crippen LogP contribution < -0.4 is 15.0 Å². The molecular formula is C26H26N4O4S. The maximum Gasteiger partial charge on any atom is 0.274 e. The van der Waals surface area contributed by atoms with Gasteiger partial charge in [-0.1, -0.05) is 35.9 Å². The number of aryl methyl sites for hydroxylation is 2. The van der Waals surface area contributed by atoms with E-state index in [1.807, 2.05) is 32.0 Å². The first-order chi connectivity index (χ1) is 16.8. The van der Waals surface area contributed by atoms with Crippen LogP contribution in [-0.4, -0.2) is 60.4 Å². The minimum atomic E-state index is -0.297. The molecular weight excluding hydrogens is 464 g/mol. The highest BCUT2D eigenvalue weighted by molar-refractivity contribution is 7.15. The number of amides is 3. The van der Waals surface area contributed by atoms with Crippen molar-refractivity contribution in [2.75, 3.05) is 31.6 Å². The van der Waals surface area contributed by atoms with Gasteiger partial charge in [-0.05, 0) is 38.0 Å². The van der Waals surface area contributed by atoms with E-state index >= 15 is 0 Å². The summed E-state index contributed by atoms with van der Waals surface area (Å²) in [6.07, 6.45) is 0.801. The number of hydrogen-bond acceptors (Lipinski definition) is 6. The zero-order valence-electron chi connectivity index (χ0n) is 19.8. The van der Waals surface area contributed by atoms with Gasteiger partial charge in [0.2, 0.25) is 0 Å². The Balaban J connectivity index is 1.29. The maximum absolute atomic E-state index is 13.4. The number of aromatic nitrogens is 1. The van der Waals surface area contributed by atoms with E-state index in [2.05, 4.69) is 16.4 Å². The van der Waals surface area contributed by atoms with Crippen molar-refractivity contribution in [2.45, 2.75) is 26.3 Å². The smallest absolute Gasteiger partial charge is 0.274 e. The maximum atomic E-state index is 13.4. The van der Waals surface area contributed by atoms with Crippen LogP contribution in [0.25, 0.3) is 10.4 Å². The first kappa shape index (κ1) is 23.0. The molecule has 1 unspecified atom stereocenters. The Morgan fingerprint density at radius 2 is 2.00 bits per heavy atom. The molecule has 2 aromatic carbocycles. The molecule has 1 fully saturated rings. The Bertz CT molecular complexity index is 1330. The van der Waals surface area contributed by atoms with Crippen LogP contribution in [0.15, 0.2) is 42.5 Å². The number of likely N-dealkylation sites (tertiary alicyclic amines) is 1. The van der Waals surface area contributed by atoms with Crippen LogP contribution >= 0.6 is 11.3 Å². The fourth-order valence-corrected chi connectivity index (χ4v) is 5.31. The first-order valence-corrected chi connectivity index (χ1v) is 12.3. The average Bonchev–Trinajstić information content (AvgIpc) is 3.22. The van der Waals surface area contributed by atoms with E-state index in [1.165, 1.54) is 16.2 Å². The van der Waals surface area contributed by atoms with Crippen molar-refractivity contribution < 1.29 is 19.1 Å². The van der Waals surface area contributed by atoms with Gasteiger partial charge in [0, 0.05) is 20.1 Å². The molecule has 0 bridgehead atoms. The van der Waals surface area contributed by atoms with Crippen LogP contribution in [0, 0.1) is 13.8 Å². The Morgan fingerprint density at radius 3 is 2.74 bits per heavy atom. The average molecular weight is 491 g/mol. The highest BCUT2D eigenvalue weighted by Gasteiger charge is 2.36. The lowest BCUT2D eigenvalue weighted by Gasteiger charge is -2.41. The molecule has 9 heteroatoms. The Morgan fingerprint density at radius 1 is 1.20 bits per heavy atom. The number of carbonyl (C=O) groups is 3. The van der Waals surface area contributed by atoms with E-state index in [-0.39, 0.29) is 30.4 Å². The lowest BCUT2D eigenvalue weighted by Crippen LogP contribution is -2.56. The molecule has 2 aliphatic rings. The number of ether oxygens (including phenoxy) is 1. The number of nitrogens with one attached hydrogen (secondary N) is 1. The normalized spacial score (nSPS) is 16.9. The largest absolute Gasteiger partial charge is 0.481 e. The Kier molecular flexibility index (Phi) is 6.02. The molecule has 0 aliphatic carbocycles. The van der Waals surface area contributed by atoms with Crippen molar-refractivity contribution in [3.05, 3.63) is 64.3 Å². The fourth-order valence-electron chi connectivity index (χ4n) is 4.40. The number of fused-ring (bicyclic) bond motifs is 1. The third kappa shape index (κ3) is 4.27. The van der Waals surface area contributed by atoms with E-state index < -0.39 is 0 Å². The van der Waals surface area contributed by atoms with Crippen molar-refractivity contribution in [1.29, 1.82) is 0 Å². The van der Waals surface area contributed by atoms with Crippen LogP contribution in [0.3, 0.4) is 0 Å². The number of thiazole rings is 1. The summed E-state index contributed by atoms with van der Waals surface area (Å²) in [7, 11) is 1.66. The fraction of sp³-hybridized carbons (Fsp3) is 0.308. The number of anilines is 1. The summed E-state index contributed by atoms with van der Waals surface area (Å²) in [5.41, 5.74) is 3.51. The summed E-state index contributed by atoms with van der Waals surface area (Å²) < 4.78 is 5.56. The molecule has 2 aliphatic heterocycles. The molecule has 8 nitrogen and oxygen atoms in total. The number of hydrogen-bond donors (Lipinski definition) is 1. The van der Waals surface area contributed by atoms with E-state index in [4.69, 9.17) is 4.74 Å². The summed E-state index contributed by atoms with van der Waals surface area (Å²) in [4.78, 5) is 47.0. The van der Waals surface area contributed by atoms with Crippen LogP contribution in [0.2, 0.25) is 0 Å². The zero-order chi connectivity index (χ0) is 24.7. The Hall–Kier alpha value is -3.72. The van der Waals surface area contributed by atoms with Gasteiger partial charge in [0.05, 0.1) is 27.2 Å². The standard InChI is InChI=1S/C26H26N4O4S/c1-15-6-4-7-17(12-15)24-22(28-16(2)35-24)26(33)30-11-10-18(30)13-27-25(32)19-8-5-9-20-23(19)34-14-21(31)29(20)3/h4-9,12,18H,10-11,13-14H2,1-3H3,(H,27,32). The van der Waals surface area contributed by atoms with Crippen LogP contribution in [-0.2, 0) is 4.79 Å². The highest BCUT2D eigenvalue weighted by Crippen LogP contribution is 2.35. The Labute approximate surface area is 207 Å². The van der Waals surface area contributed by atoms with Gasteiger partial charge in [-0.2, -0.15) is 0 Å². The quantitative estimate of drug-likeness (QED) is 0.592. The summed E-state index contributed by atoms with van der Waals surface area (Å²) in [5.74, 6) is -0.179. The second-order valence-corrected chi connectivity index (χ2v) is 10.0. The van der Waals surface area contributed by atoms with Gasteiger partial charge in [-0.15, -0.1) is 11.3 Å². The predicted molar refractivity (Wildman–Crippen MR) is 134 cm³/mol. The number of benzene rings is 2. The monoisotopic (exact) mass is 490 g/mol. The van der Waals surface area contributed by atoms with Gasteiger partial charge < -0.3 is 19.9 Å². The molecule has 3 aromatic rings. The number of carbonyl (C=O) groups excluding carboxylic acids is 3. The summed E-state index contributed by atoms with van der Waals surface area (Å²) in [6.45, 7) is 4.78. The minimum absolute atomic E-state index is 0.102. The van der Waals surface area contributed by atoms with Crippen LogP contribution in [0.5, 0.6) is 5.75 Å². The van der Waals surface area contributed by atoms with Crippen molar-refractivity contribution in [2.24, 2.45) is 0 Å². The summed E-state index contributed by atoms with van der Waals surface area (Å²) in [6, 6.07) is 13.1. The molecule has 1 saturated heterocycles. The second-order valence-electron chi connectivity index (χ2n) is 8.83. The molecule has 3 amide bonds. The van der Waals surface area contributed by atoms with Crippen molar-refractivity contribution >= 4 is 34.7 Å². The van der Waals surface area contributed by atoms with Gasteiger partial charge in [0.15, 0.2) is 12.4 Å². The molecule has 1 aromatic heterocycles. The summed E-state index contributed by atoms with van der Waals surface area (Å²) in [5, 5.41) is 3.78. The highest BCUT2D eigenvalue weighted by atomic mass is 32.1. The van der Waals surface area contributed by atoms with Crippen LogP contribution in [0.4, 0.5) is 5.69 Å². The van der Waals surface area contributed by atoms with E-state index in [0.29, 0.717) is 35.8 Å². The third-order valence-corrected chi connectivity index (χ3v) is 7.45. The van der Waals surface area contributed by atoms with Crippen molar-refractivity contribution in [3.8, 4) is 16.2 Å². The molecule has 1 N–H and O–H groups in total. The number of nitrogens with zero attached hydrogens (tertiary/aromatic N) is 3. The minimum Gasteiger partial charge on any atom is -0.481 e. The molecule has 0 saturated carbocycles. The van der Waals surface area contributed by atoms with Crippen LogP contribution in [0.1, 0.15) is 37.8 Å². The number of para-hydroxylation sites is 1. The molecule has 0 radical (unpaired) electrons. The predicted octanol–water partition coefficient (Wildman–Crippen LogP) is 3.43. The van der Waals surface area contributed by atoms with E-state index in [9.17, 15) is 14.4 Å². The first-order valence-electron chi connectivity index (χ1n) is 11.5. The number of likely N-dealkylation sites (N-methyl/N-ethyl adjacent to an activating group) is 1. The number of rotatable bonds is 5. The SMILES string of the molecule is Cc1cccc(-c2sc(C)nc2C(=O)N2CCC2CNC(=O)c2cccc3c2OCC(=O)N3C)c1. The molecule has 1 atom stereocenters. The lowest BCUT2D eigenvalue weighted by atomic mass is 10.0. The summed E-state index contributed by atoms with van der Waals surface area (Å²) >= 11 is 1.52. The van der Waals surface area contributed by atoms with Gasteiger partial charge >= 0.3 is 0 Å². The second kappa shape index (κ2) is 9.14. The van der Waals surface area contributed by atoms with E-state index in [0.717, 1.165) is 27.4 Å². The van der Waals surface area contributed by atoms with Crippen molar-refractivity contribution in [3.63, 3.8) is 0 Å². The van der Waals surface area contributed by atoms with Gasteiger partial charge in [-0.25, -0.2) is 4.98 Å². The molecule has 0 spiro atoms. The molecule has 35 heavy (non-hydrogen) atoms. The molecule has 5 rings (SSSR count).